The molecule has 1 heterocycles. The number of aromatic hydroxyl groups is 1. The maximum Gasteiger partial charge on any atom is 0.341 e. The van der Waals surface area contributed by atoms with Crippen molar-refractivity contribution < 1.29 is 15.0 Å². The third kappa shape index (κ3) is 3.35. The number of nitrogens with zero attached hydrogens (tertiary/aromatic N) is 1. The van der Waals surface area contributed by atoms with Crippen molar-refractivity contribution in [2.75, 3.05) is 0 Å². The molecule has 0 spiro atoms. The summed E-state index contributed by atoms with van der Waals surface area (Å²) in [5.41, 5.74) is 0.0619. The minimum atomic E-state index is -1.31. The molecule has 2 aromatic rings. The molecule has 1 aliphatic carbocycles. The third-order valence-corrected chi connectivity index (χ3v) is 4.89. The number of hydrogen-bond acceptors (Lipinski definition) is 3. The van der Waals surface area contributed by atoms with Gasteiger partial charge in [0.2, 0.25) is 5.43 Å². The summed E-state index contributed by atoms with van der Waals surface area (Å²) in [5.74, 6) is -1.82. The number of carboxylic acid groups (broad SMARTS) is 1. The van der Waals surface area contributed by atoms with Crippen LogP contribution in [0.2, 0.25) is 0 Å². The fraction of sp³-hybridized carbons (Fsp3) is 0.368. The molecule has 1 aliphatic rings. The SMILES string of the molecule is O=C(O)c1cn(CC2(Cc3ccccc3)CCCC2)cc(O)c1=O. The summed E-state index contributed by atoms with van der Waals surface area (Å²) in [5, 5.41) is 18.9. The van der Waals surface area contributed by atoms with Crippen molar-refractivity contribution in [1.82, 2.24) is 4.57 Å². The standard InChI is InChI=1S/C19H21NO4/c21-16-12-20(11-15(17(16)22)18(23)24)13-19(8-4-5-9-19)10-14-6-2-1-3-7-14/h1-3,6-7,11-12,21H,4-5,8-10,13H2,(H,23,24). The van der Waals surface area contributed by atoms with Gasteiger partial charge in [-0.15, -0.1) is 0 Å². The lowest BCUT2D eigenvalue weighted by atomic mass is 9.80. The van der Waals surface area contributed by atoms with Gasteiger partial charge in [0, 0.05) is 18.9 Å². The molecule has 5 nitrogen and oxygen atoms in total. The zero-order valence-electron chi connectivity index (χ0n) is 13.4. The number of pyridine rings is 1. The van der Waals surface area contributed by atoms with Crippen LogP contribution in [0.5, 0.6) is 5.75 Å². The number of carboxylic acids is 1. The molecule has 1 saturated carbocycles. The van der Waals surface area contributed by atoms with Crippen molar-refractivity contribution in [1.29, 1.82) is 0 Å². The van der Waals surface area contributed by atoms with E-state index in [2.05, 4.69) is 12.1 Å². The van der Waals surface area contributed by atoms with E-state index in [4.69, 9.17) is 5.11 Å². The molecule has 0 aliphatic heterocycles. The van der Waals surface area contributed by atoms with Crippen LogP contribution in [0, 0.1) is 5.41 Å². The van der Waals surface area contributed by atoms with Crippen LogP contribution in [-0.2, 0) is 13.0 Å². The molecule has 0 bridgehead atoms. The summed E-state index contributed by atoms with van der Waals surface area (Å²) in [7, 11) is 0. The predicted molar refractivity (Wildman–Crippen MR) is 90.4 cm³/mol. The maximum absolute atomic E-state index is 11.7. The van der Waals surface area contributed by atoms with Crippen molar-refractivity contribution in [3.05, 3.63) is 64.1 Å². The summed E-state index contributed by atoms with van der Waals surface area (Å²) >= 11 is 0. The van der Waals surface area contributed by atoms with E-state index in [1.54, 1.807) is 4.57 Å². The van der Waals surface area contributed by atoms with Gasteiger partial charge in [-0.3, -0.25) is 4.79 Å². The van der Waals surface area contributed by atoms with E-state index in [0.29, 0.717) is 6.54 Å². The second-order valence-corrected chi connectivity index (χ2v) is 6.73. The van der Waals surface area contributed by atoms with E-state index in [9.17, 15) is 14.7 Å². The van der Waals surface area contributed by atoms with Crippen LogP contribution in [0.25, 0.3) is 0 Å². The lowest BCUT2D eigenvalue weighted by molar-refractivity contribution is 0.0693. The molecule has 1 aromatic heterocycles. The van der Waals surface area contributed by atoms with Gasteiger partial charge < -0.3 is 14.8 Å². The number of carbonyl (C=O) groups is 1. The summed E-state index contributed by atoms with van der Waals surface area (Å²) in [6, 6.07) is 10.2. The van der Waals surface area contributed by atoms with Crippen molar-refractivity contribution in [2.24, 2.45) is 5.41 Å². The summed E-state index contributed by atoms with van der Waals surface area (Å²) in [6.45, 7) is 0.593. The molecule has 24 heavy (non-hydrogen) atoms. The fourth-order valence-electron chi connectivity index (χ4n) is 3.79. The Morgan fingerprint density at radius 3 is 2.42 bits per heavy atom. The first-order valence-corrected chi connectivity index (χ1v) is 8.19. The van der Waals surface area contributed by atoms with Crippen LogP contribution in [0.3, 0.4) is 0 Å². The van der Waals surface area contributed by atoms with Crippen molar-refractivity contribution in [3.63, 3.8) is 0 Å². The highest BCUT2D eigenvalue weighted by Gasteiger charge is 2.34. The summed E-state index contributed by atoms with van der Waals surface area (Å²) in [4.78, 5) is 22.9. The van der Waals surface area contributed by atoms with Crippen molar-refractivity contribution in [3.8, 4) is 5.75 Å². The highest BCUT2D eigenvalue weighted by atomic mass is 16.4. The molecule has 2 N–H and O–H groups in total. The first-order chi connectivity index (χ1) is 11.5. The Labute approximate surface area is 140 Å². The van der Waals surface area contributed by atoms with Gasteiger partial charge in [-0.1, -0.05) is 43.2 Å². The highest BCUT2D eigenvalue weighted by molar-refractivity contribution is 5.87. The number of hydrogen-bond donors (Lipinski definition) is 2. The van der Waals surface area contributed by atoms with E-state index in [-0.39, 0.29) is 11.0 Å². The number of aromatic carboxylic acids is 1. The van der Waals surface area contributed by atoms with Gasteiger partial charge in [-0.2, -0.15) is 0 Å². The van der Waals surface area contributed by atoms with E-state index < -0.39 is 17.1 Å². The van der Waals surface area contributed by atoms with Crippen LogP contribution in [0.1, 0.15) is 41.6 Å². The molecule has 0 saturated heterocycles. The predicted octanol–water partition coefficient (Wildman–Crippen LogP) is 3.06. The average molecular weight is 327 g/mol. The lowest BCUT2D eigenvalue weighted by Gasteiger charge is -2.30. The smallest absolute Gasteiger partial charge is 0.341 e. The summed E-state index contributed by atoms with van der Waals surface area (Å²) < 4.78 is 1.66. The Morgan fingerprint density at radius 2 is 1.79 bits per heavy atom. The van der Waals surface area contributed by atoms with Crippen LogP contribution in [0.15, 0.2) is 47.5 Å². The molecule has 0 unspecified atom stereocenters. The van der Waals surface area contributed by atoms with Gasteiger partial charge in [-0.25, -0.2) is 4.79 Å². The van der Waals surface area contributed by atoms with Crippen LogP contribution < -0.4 is 5.43 Å². The van der Waals surface area contributed by atoms with Gasteiger partial charge in [-0.05, 0) is 30.2 Å². The first kappa shape index (κ1) is 16.3. The van der Waals surface area contributed by atoms with Gasteiger partial charge >= 0.3 is 5.97 Å². The quantitative estimate of drug-likeness (QED) is 0.884. The Kier molecular flexibility index (Phi) is 4.42. The van der Waals surface area contributed by atoms with E-state index >= 15 is 0 Å². The number of rotatable bonds is 5. The minimum Gasteiger partial charge on any atom is -0.503 e. The minimum absolute atomic E-state index is 0.0264. The summed E-state index contributed by atoms with van der Waals surface area (Å²) in [6.07, 6.45) is 7.99. The molecule has 1 aromatic carbocycles. The maximum atomic E-state index is 11.7. The molecule has 3 rings (SSSR count). The van der Waals surface area contributed by atoms with Gasteiger partial charge in [0.05, 0.1) is 0 Å². The third-order valence-electron chi connectivity index (χ3n) is 4.89. The Bertz CT molecular complexity index is 789. The van der Waals surface area contributed by atoms with Gasteiger partial charge in [0.1, 0.15) is 5.56 Å². The second-order valence-electron chi connectivity index (χ2n) is 6.73. The van der Waals surface area contributed by atoms with E-state index in [1.165, 1.54) is 18.0 Å². The lowest BCUT2D eigenvalue weighted by Crippen LogP contribution is -2.28. The zero-order valence-corrected chi connectivity index (χ0v) is 13.4. The highest BCUT2D eigenvalue weighted by Crippen LogP contribution is 2.42. The second kappa shape index (κ2) is 6.51. The average Bonchev–Trinajstić information content (AvgIpc) is 2.99. The molecule has 1 fully saturated rings. The van der Waals surface area contributed by atoms with E-state index in [1.807, 2.05) is 18.2 Å². The van der Waals surface area contributed by atoms with E-state index in [0.717, 1.165) is 32.1 Å². The van der Waals surface area contributed by atoms with Gasteiger partial charge in [0.25, 0.3) is 0 Å². The zero-order chi connectivity index (χ0) is 17.2. The normalized spacial score (nSPS) is 16.2. The fourth-order valence-corrected chi connectivity index (χ4v) is 3.79. The number of aromatic nitrogens is 1. The first-order valence-electron chi connectivity index (χ1n) is 8.19. The monoisotopic (exact) mass is 327 g/mol. The molecular formula is C19H21NO4. The molecule has 0 atom stereocenters. The molecular weight excluding hydrogens is 306 g/mol. The van der Waals surface area contributed by atoms with Gasteiger partial charge in [0.15, 0.2) is 5.75 Å². The number of benzene rings is 1. The van der Waals surface area contributed by atoms with Crippen LogP contribution in [0.4, 0.5) is 0 Å². The Morgan fingerprint density at radius 1 is 1.12 bits per heavy atom. The largest absolute Gasteiger partial charge is 0.503 e. The Hall–Kier alpha value is -2.56. The molecule has 126 valence electrons. The van der Waals surface area contributed by atoms with Crippen molar-refractivity contribution >= 4 is 5.97 Å². The van der Waals surface area contributed by atoms with Crippen molar-refractivity contribution in [2.45, 2.75) is 38.6 Å². The van der Waals surface area contributed by atoms with Crippen LogP contribution >= 0.6 is 0 Å². The molecule has 0 amide bonds. The van der Waals surface area contributed by atoms with Crippen LogP contribution in [-0.4, -0.2) is 20.7 Å². The Balaban J connectivity index is 1.92. The molecule has 5 heteroatoms. The topological polar surface area (TPSA) is 79.5 Å². The molecule has 0 radical (unpaired) electrons.